The van der Waals surface area contributed by atoms with E-state index in [4.69, 9.17) is 0 Å². The van der Waals surface area contributed by atoms with Gasteiger partial charge >= 0.3 is 0 Å². The minimum atomic E-state index is 0.544. The summed E-state index contributed by atoms with van der Waals surface area (Å²) >= 11 is 0. The molecule has 1 aromatic rings. The van der Waals surface area contributed by atoms with Crippen LogP contribution in [-0.4, -0.2) is 20.1 Å². The molecule has 0 saturated heterocycles. The van der Waals surface area contributed by atoms with Crippen LogP contribution in [0.4, 0.5) is 11.4 Å². The van der Waals surface area contributed by atoms with Crippen LogP contribution in [-0.2, 0) is 0 Å². The molecule has 1 atom stereocenters. The molecule has 1 N–H and O–H groups in total. The number of nitrogens with zero attached hydrogens (tertiary/aromatic N) is 1. The van der Waals surface area contributed by atoms with Gasteiger partial charge in [0.05, 0.1) is 11.4 Å². The van der Waals surface area contributed by atoms with Gasteiger partial charge < -0.3 is 10.2 Å². The van der Waals surface area contributed by atoms with Crippen LogP contribution in [0.5, 0.6) is 0 Å². The Morgan fingerprint density at radius 1 is 1.05 bits per heavy atom. The second kappa shape index (κ2) is 8.84. The Bertz CT molecular complexity index is 347. The Hall–Kier alpha value is -1.18. The van der Waals surface area contributed by atoms with Crippen molar-refractivity contribution in [3.05, 3.63) is 24.3 Å². The van der Waals surface area contributed by atoms with Crippen molar-refractivity contribution in [2.75, 3.05) is 24.3 Å². The molecule has 0 spiro atoms. The normalized spacial score (nSPS) is 12.2. The van der Waals surface area contributed by atoms with Crippen molar-refractivity contribution in [2.45, 2.75) is 58.4 Å². The van der Waals surface area contributed by atoms with Gasteiger partial charge in [-0.3, -0.25) is 0 Å². The van der Waals surface area contributed by atoms with Crippen LogP contribution < -0.4 is 10.2 Å². The Kier molecular flexibility index (Phi) is 7.39. The highest BCUT2D eigenvalue weighted by atomic mass is 15.1. The van der Waals surface area contributed by atoms with Gasteiger partial charge in [-0.25, -0.2) is 0 Å². The molecule has 0 aromatic heterocycles. The molecule has 0 bridgehead atoms. The first-order valence-electron chi connectivity index (χ1n) is 7.68. The summed E-state index contributed by atoms with van der Waals surface area (Å²) in [5.41, 5.74) is 2.51. The summed E-state index contributed by atoms with van der Waals surface area (Å²) in [6.07, 6.45) is 8.05. The topological polar surface area (TPSA) is 15.3 Å². The van der Waals surface area contributed by atoms with E-state index >= 15 is 0 Å². The Morgan fingerprint density at radius 3 is 2.42 bits per heavy atom. The average molecular weight is 262 g/mol. The van der Waals surface area contributed by atoms with Gasteiger partial charge in [0, 0.05) is 20.1 Å². The molecule has 0 heterocycles. The van der Waals surface area contributed by atoms with E-state index in [1.165, 1.54) is 49.9 Å². The predicted octanol–water partition coefficient (Wildman–Crippen LogP) is 4.91. The quantitative estimate of drug-likeness (QED) is 0.636. The summed E-state index contributed by atoms with van der Waals surface area (Å²) in [6.45, 7) is 4.55. The molecule has 2 heteroatoms. The van der Waals surface area contributed by atoms with E-state index in [-0.39, 0.29) is 0 Å². The lowest BCUT2D eigenvalue weighted by atomic mass is 10.1. The third kappa shape index (κ3) is 6.00. The van der Waals surface area contributed by atoms with Crippen molar-refractivity contribution < 1.29 is 0 Å². The Balaban J connectivity index is 2.37. The largest absolute Gasteiger partial charge is 0.381 e. The molecular weight excluding hydrogens is 232 g/mol. The van der Waals surface area contributed by atoms with E-state index in [0.29, 0.717) is 6.04 Å². The third-order valence-electron chi connectivity index (χ3n) is 3.53. The zero-order chi connectivity index (χ0) is 14.1. The van der Waals surface area contributed by atoms with E-state index in [1.807, 2.05) is 0 Å². The van der Waals surface area contributed by atoms with E-state index in [0.717, 1.165) is 0 Å². The summed E-state index contributed by atoms with van der Waals surface area (Å²) in [6, 6.07) is 9.07. The monoisotopic (exact) mass is 262 g/mol. The molecule has 0 aliphatic carbocycles. The van der Waals surface area contributed by atoms with Crippen molar-refractivity contribution in [1.82, 2.24) is 0 Å². The number of hydrogen-bond donors (Lipinski definition) is 1. The first-order valence-corrected chi connectivity index (χ1v) is 7.68. The Morgan fingerprint density at radius 2 is 1.74 bits per heavy atom. The maximum atomic E-state index is 3.64. The molecule has 0 aliphatic rings. The van der Waals surface area contributed by atoms with Gasteiger partial charge in [-0.15, -0.1) is 0 Å². The van der Waals surface area contributed by atoms with Gasteiger partial charge in [-0.2, -0.15) is 0 Å². The van der Waals surface area contributed by atoms with Gasteiger partial charge in [-0.05, 0) is 25.5 Å². The molecule has 0 fully saturated rings. The van der Waals surface area contributed by atoms with E-state index in [1.54, 1.807) is 0 Å². The predicted molar refractivity (Wildman–Crippen MR) is 87.2 cm³/mol. The average Bonchev–Trinajstić information content (AvgIpc) is 2.39. The number of hydrogen-bond acceptors (Lipinski definition) is 2. The minimum Gasteiger partial charge on any atom is -0.381 e. The van der Waals surface area contributed by atoms with Gasteiger partial charge in [0.15, 0.2) is 0 Å². The molecule has 0 saturated carbocycles. The van der Waals surface area contributed by atoms with Crippen LogP contribution in [0.2, 0.25) is 0 Å². The molecule has 1 aromatic carbocycles. The highest BCUT2D eigenvalue weighted by Crippen LogP contribution is 2.24. The standard InChI is InChI=1S/C17H30N2/c1-5-6-7-8-9-12-15(2)18-16-13-10-11-14-17(16)19(3)4/h10-11,13-15,18H,5-9,12H2,1-4H3. The lowest BCUT2D eigenvalue weighted by molar-refractivity contribution is 0.578. The van der Waals surface area contributed by atoms with Crippen LogP contribution in [0.15, 0.2) is 24.3 Å². The first kappa shape index (κ1) is 15.9. The molecule has 108 valence electrons. The van der Waals surface area contributed by atoms with E-state index in [9.17, 15) is 0 Å². The van der Waals surface area contributed by atoms with Crippen LogP contribution in [0.25, 0.3) is 0 Å². The molecule has 2 nitrogen and oxygen atoms in total. The minimum absolute atomic E-state index is 0.544. The maximum absolute atomic E-state index is 3.64. The molecule has 1 unspecified atom stereocenters. The Labute approximate surface area is 119 Å². The smallest absolute Gasteiger partial charge is 0.0596 e. The molecule has 1 rings (SSSR count). The van der Waals surface area contributed by atoms with Gasteiger partial charge in [0.2, 0.25) is 0 Å². The summed E-state index contributed by atoms with van der Waals surface area (Å²) in [5, 5.41) is 3.64. The summed E-state index contributed by atoms with van der Waals surface area (Å²) in [7, 11) is 4.19. The summed E-state index contributed by atoms with van der Waals surface area (Å²) in [5.74, 6) is 0. The lowest BCUT2D eigenvalue weighted by Crippen LogP contribution is -2.18. The van der Waals surface area contributed by atoms with Crippen LogP contribution in [0.3, 0.4) is 0 Å². The fourth-order valence-corrected chi connectivity index (χ4v) is 2.38. The number of rotatable bonds is 9. The van der Waals surface area contributed by atoms with E-state index < -0.39 is 0 Å². The second-order valence-corrected chi connectivity index (χ2v) is 5.66. The van der Waals surface area contributed by atoms with Gasteiger partial charge in [-0.1, -0.05) is 51.2 Å². The van der Waals surface area contributed by atoms with Crippen LogP contribution >= 0.6 is 0 Å². The van der Waals surface area contributed by atoms with Crippen molar-refractivity contribution in [1.29, 1.82) is 0 Å². The lowest BCUT2D eigenvalue weighted by Gasteiger charge is -2.21. The van der Waals surface area contributed by atoms with E-state index in [2.05, 4.69) is 62.4 Å². The number of unbranched alkanes of at least 4 members (excludes halogenated alkanes) is 4. The molecular formula is C17H30N2. The maximum Gasteiger partial charge on any atom is 0.0596 e. The zero-order valence-corrected chi connectivity index (χ0v) is 13.1. The number of anilines is 2. The first-order chi connectivity index (χ1) is 9.15. The van der Waals surface area contributed by atoms with Crippen molar-refractivity contribution in [2.24, 2.45) is 0 Å². The van der Waals surface area contributed by atoms with Crippen molar-refractivity contribution in [3.63, 3.8) is 0 Å². The third-order valence-corrected chi connectivity index (χ3v) is 3.53. The zero-order valence-electron chi connectivity index (χ0n) is 13.1. The number of benzene rings is 1. The second-order valence-electron chi connectivity index (χ2n) is 5.66. The number of para-hydroxylation sites is 2. The summed E-state index contributed by atoms with van der Waals surface area (Å²) < 4.78 is 0. The fourth-order valence-electron chi connectivity index (χ4n) is 2.38. The van der Waals surface area contributed by atoms with Crippen LogP contribution in [0.1, 0.15) is 52.4 Å². The van der Waals surface area contributed by atoms with Crippen LogP contribution in [0, 0.1) is 0 Å². The highest BCUT2D eigenvalue weighted by molar-refractivity contribution is 5.69. The molecule has 0 aliphatic heterocycles. The molecule has 0 amide bonds. The molecule has 0 radical (unpaired) electrons. The molecule has 19 heavy (non-hydrogen) atoms. The van der Waals surface area contributed by atoms with Gasteiger partial charge in [0.1, 0.15) is 0 Å². The highest BCUT2D eigenvalue weighted by Gasteiger charge is 2.06. The van der Waals surface area contributed by atoms with Gasteiger partial charge in [0.25, 0.3) is 0 Å². The SMILES string of the molecule is CCCCCCCC(C)Nc1ccccc1N(C)C. The summed E-state index contributed by atoms with van der Waals surface area (Å²) in [4.78, 5) is 2.16. The van der Waals surface area contributed by atoms with Crippen molar-refractivity contribution >= 4 is 11.4 Å². The van der Waals surface area contributed by atoms with Crippen molar-refractivity contribution in [3.8, 4) is 0 Å². The fraction of sp³-hybridized carbons (Fsp3) is 0.647. The number of nitrogens with one attached hydrogen (secondary N) is 1.